The van der Waals surface area contributed by atoms with E-state index in [4.69, 9.17) is 15.2 Å². The summed E-state index contributed by atoms with van der Waals surface area (Å²) in [5, 5.41) is 0. The van der Waals surface area contributed by atoms with Gasteiger partial charge in [-0.15, -0.1) is 0 Å². The van der Waals surface area contributed by atoms with Crippen LogP contribution in [0.25, 0.3) is 0 Å². The van der Waals surface area contributed by atoms with Crippen LogP contribution in [0.3, 0.4) is 0 Å². The van der Waals surface area contributed by atoms with Crippen molar-refractivity contribution < 1.29 is 14.3 Å². The molecule has 2 rings (SSSR count). The minimum absolute atomic E-state index is 0.352. The Morgan fingerprint density at radius 1 is 1.30 bits per heavy atom. The summed E-state index contributed by atoms with van der Waals surface area (Å²) in [7, 11) is 1.49. The van der Waals surface area contributed by atoms with Gasteiger partial charge in [-0.1, -0.05) is 0 Å². The Morgan fingerprint density at radius 2 is 2.05 bits per heavy atom. The Kier molecular flexibility index (Phi) is 4.24. The second-order valence-corrected chi connectivity index (χ2v) is 4.99. The molecule has 1 heterocycles. The Balaban J connectivity index is 2.35. The molecule has 1 aromatic heterocycles. The summed E-state index contributed by atoms with van der Waals surface area (Å²) < 4.78 is 11.6. The van der Waals surface area contributed by atoms with E-state index in [0.29, 0.717) is 22.9 Å². The van der Waals surface area contributed by atoms with E-state index in [1.807, 2.05) is 13.0 Å². The number of nitrogens with zero attached hydrogens (tertiary/aromatic N) is 1. The molecule has 0 bridgehead atoms. The van der Waals surface area contributed by atoms with E-state index in [1.54, 1.807) is 18.3 Å². The summed E-state index contributed by atoms with van der Waals surface area (Å²) in [4.78, 5) is 15.3. The van der Waals surface area contributed by atoms with E-state index in [9.17, 15) is 4.79 Å². The van der Waals surface area contributed by atoms with E-state index < -0.39 is 5.91 Å². The van der Waals surface area contributed by atoms with Crippen LogP contribution in [-0.4, -0.2) is 18.0 Å². The highest BCUT2D eigenvalue weighted by Gasteiger charge is 2.12. The fourth-order valence-electron chi connectivity index (χ4n) is 1.61. The first kappa shape index (κ1) is 14.3. The van der Waals surface area contributed by atoms with Crippen LogP contribution >= 0.6 is 15.9 Å². The lowest BCUT2D eigenvalue weighted by Crippen LogP contribution is -2.10. The van der Waals surface area contributed by atoms with Gasteiger partial charge in [-0.2, -0.15) is 0 Å². The van der Waals surface area contributed by atoms with Crippen molar-refractivity contribution in [1.82, 2.24) is 4.98 Å². The predicted molar refractivity (Wildman–Crippen MR) is 78.3 cm³/mol. The van der Waals surface area contributed by atoms with E-state index in [1.165, 1.54) is 13.2 Å². The largest absolute Gasteiger partial charge is 0.493 e. The summed E-state index contributed by atoms with van der Waals surface area (Å²) in [6.07, 6.45) is 1.70. The van der Waals surface area contributed by atoms with Crippen LogP contribution in [0.5, 0.6) is 17.4 Å². The Hall–Kier alpha value is -2.08. The number of ether oxygens (including phenoxy) is 2. The summed E-state index contributed by atoms with van der Waals surface area (Å²) in [6, 6.07) is 6.61. The number of rotatable bonds is 4. The van der Waals surface area contributed by atoms with Crippen LogP contribution in [0, 0.1) is 6.92 Å². The average molecular weight is 337 g/mol. The van der Waals surface area contributed by atoms with Crippen molar-refractivity contribution >= 4 is 21.8 Å². The number of aromatic nitrogens is 1. The lowest BCUT2D eigenvalue weighted by Gasteiger charge is -2.11. The minimum atomic E-state index is -0.524. The van der Waals surface area contributed by atoms with Gasteiger partial charge in [-0.05, 0) is 52.7 Å². The molecule has 1 aromatic carbocycles. The number of hydrogen-bond donors (Lipinski definition) is 1. The van der Waals surface area contributed by atoms with Crippen molar-refractivity contribution in [1.29, 1.82) is 0 Å². The van der Waals surface area contributed by atoms with E-state index >= 15 is 0 Å². The van der Waals surface area contributed by atoms with Gasteiger partial charge >= 0.3 is 0 Å². The zero-order chi connectivity index (χ0) is 14.7. The van der Waals surface area contributed by atoms with Crippen molar-refractivity contribution in [3.05, 3.63) is 46.1 Å². The van der Waals surface area contributed by atoms with Gasteiger partial charge in [0.05, 0.1) is 11.6 Å². The van der Waals surface area contributed by atoms with Crippen molar-refractivity contribution in [2.24, 2.45) is 5.73 Å². The van der Waals surface area contributed by atoms with Gasteiger partial charge in [0.25, 0.3) is 0 Å². The van der Waals surface area contributed by atoms with Gasteiger partial charge in [0.15, 0.2) is 11.5 Å². The van der Waals surface area contributed by atoms with Gasteiger partial charge in [-0.25, -0.2) is 4.98 Å². The van der Waals surface area contributed by atoms with Crippen molar-refractivity contribution in [2.75, 3.05) is 7.11 Å². The lowest BCUT2D eigenvalue weighted by atomic mass is 10.2. The number of nitrogens with two attached hydrogens (primary N) is 1. The minimum Gasteiger partial charge on any atom is -0.493 e. The molecule has 0 unspecified atom stereocenters. The molecule has 2 N–H and O–H groups in total. The second kappa shape index (κ2) is 5.92. The molecular formula is C14H13BrN2O3. The lowest BCUT2D eigenvalue weighted by molar-refractivity contribution is 0.1000. The first-order chi connectivity index (χ1) is 9.51. The van der Waals surface area contributed by atoms with E-state index in [2.05, 4.69) is 20.9 Å². The predicted octanol–water partition coefficient (Wildman–Crippen LogP) is 3.05. The number of hydrogen-bond acceptors (Lipinski definition) is 4. The van der Waals surface area contributed by atoms with Gasteiger partial charge in [-0.3, -0.25) is 4.79 Å². The highest BCUT2D eigenvalue weighted by Crippen LogP contribution is 2.34. The van der Waals surface area contributed by atoms with Gasteiger partial charge < -0.3 is 15.2 Å². The van der Waals surface area contributed by atoms with Crippen molar-refractivity contribution in [3.63, 3.8) is 0 Å². The van der Waals surface area contributed by atoms with Crippen LogP contribution in [0.2, 0.25) is 0 Å². The van der Waals surface area contributed by atoms with Gasteiger partial charge in [0.2, 0.25) is 11.8 Å². The van der Waals surface area contributed by atoms with Crippen LogP contribution in [0.1, 0.15) is 15.9 Å². The summed E-state index contributed by atoms with van der Waals surface area (Å²) in [5.41, 5.74) is 6.59. The molecule has 0 atom stereocenters. The maximum atomic E-state index is 11.1. The zero-order valence-electron chi connectivity index (χ0n) is 11.0. The topological polar surface area (TPSA) is 74.4 Å². The van der Waals surface area contributed by atoms with E-state index in [-0.39, 0.29) is 0 Å². The Labute approximate surface area is 124 Å². The summed E-state index contributed by atoms with van der Waals surface area (Å²) in [6.45, 7) is 1.93. The molecule has 6 heteroatoms. The van der Waals surface area contributed by atoms with Crippen molar-refractivity contribution in [3.8, 4) is 17.4 Å². The molecule has 0 aliphatic rings. The molecule has 0 fully saturated rings. The number of carbonyl (C=O) groups excluding carboxylic acids is 1. The fourth-order valence-corrected chi connectivity index (χ4v) is 2.15. The van der Waals surface area contributed by atoms with Crippen LogP contribution < -0.4 is 15.2 Å². The molecule has 0 saturated heterocycles. The molecule has 2 aromatic rings. The second-order valence-electron chi connectivity index (χ2n) is 4.13. The number of carbonyl (C=O) groups is 1. The molecule has 1 amide bonds. The fraction of sp³-hybridized carbons (Fsp3) is 0.143. The Bertz CT molecular complexity index is 659. The number of halogens is 1. The smallest absolute Gasteiger partial charge is 0.248 e. The molecule has 0 saturated carbocycles. The van der Waals surface area contributed by atoms with Crippen LogP contribution in [0.15, 0.2) is 34.9 Å². The number of methoxy groups -OCH3 is 1. The maximum Gasteiger partial charge on any atom is 0.248 e. The third kappa shape index (κ3) is 3.08. The Morgan fingerprint density at radius 3 is 2.65 bits per heavy atom. The van der Waals surface area contributed by atoms with Crippen LogP contribution in [0.4, 0.5) is 0 Å². The number of amides is 1. The highest BCUT2D eigenvalue weighted by atomic mass is 79.9. The van der Waals surface area contributed by atoms with Gasteiger partial charge in [0.1, 0.15) is 0 Å². The molecule has 5 nitrogen and oxygen atoms in total. The monoisotopic (exact) mass is 336 g/mol. The molecule has 0 spiro atoms. The van der Waals surface area contributed by atoms with Crippen molar-refractivity contribution in [2.45, 2.75) is 6.92 Å². The van der Waals surface area contributed by atoms with Crippen LogP contribution in [-0.2, 0) is 0 Å². The first-order valence-electron chi connectivity index (χ1n) is 5.79. The normalized spacial score (nSPS) is 10.2. The third-order valence-electron chi connectivity index (χ3n) is 2.60. The quantitative estimate of drug-likeness (QED) is 0.930. The molecule has 0 aliphatic carbocycles. The molecular weight excluding hydrogens is 324 g/mol. The number of benzene rings is 1. The number of aryl methyl sites for hydroxylation is 1. The van der Waals surface area contributed by atoms with E-state index in [0.717, 1.165) is 10.0 Å². The zero-order valence-corrected chi connectivity index (χ0v) is 12.6. The first-order valence-corrected chi connectivity index (χ1v) is 6.58. The molecule has 20 heavy (non-hydrogen) atoms. The molecule has 0 aliphatic heterocycles. The molecule has 104 valence electrons. The number of pyridine rings is 1. The summed E-state index contributed by atoms with van der Waals surface area (Å²) in [5.74, 6) is 0.760. The SMILES string of the molecule is COc1cc(C(N)=O)ccc1Oc1ncc(C)cc1Br. The molecule has 0 radical (unpaired) electrons. The maximum absolute atomic E-state index is 11.1. The third-order valence-corrected chi connectivity index (χ3v) is 3.17. The standard InChI is InChI=1S/C14H13BrN2O3/c1-8-5-10(15)14(17-7-8)20-11-4-3-9(13(16)18)6-12(11)19-2/h3-7H,1-2H3,(H2,16,18). The number of primary amides is 1. The highest BCUT2D eigenvalue weighted by molar-refractivity contribution is 9.10. The average Bonchev–Trinajstić information content (AvgIpc) is 2.42. The van der Waals surface area contributed by atoms with Gasteiger partial charge in [0, 0.05) is 11.8 Å². The summed E-state index contributed by atoms with van der Waals surface area (Å²) >= 11 is 3.39.